The molecule has 1 aliphatic heterocycles. The minimum absolute atomic E-state index is 0.0784. The Morgan fingerprint density at radius 1 is 1.35 bits per heavy atom. The molecule has 0 spiro atoms. The number of rotatable bonds is 6. The van der Waals surface area contributed by atoms with Crippen LogP contribution in [0.1, 0.15) is 12.8 Å². The van der Waals surface area contributed by atoms with Gasteiger partial charge in [-0.3, -0.25) is 19.3 Å². The van der Waals surface area contributed by atoms with Crippen LogP contribution in [0.4, 0.5) is 4.79 Å². The molecule has 1 aliphatic rings. The van der Waals surface area contributed by atoms with Gasteiger partial charge >= 0.3 is 12.0 Å². The zero-order chi connectivity index (χ0) is 15.3. The van der Waals surface area contributed by atoms with Crippen molar-refractivity contribution in [2.24, 2.45) is 0 Å². The summed E-state index contributed by atoms with van der Waals surface area (Å²) in [5, 5.41) is 0. The predicted octanol–water partition coefficient (Wildman–Crippen LogP) is -0.708. The molecule has 0 aromatic rings. The summed E-state index contributed by atoms with van der Waals surface area (Å²) in [6.07, 6.45) is 0.532. The van der Waals surface area contributed by atoms with Crippen molar-refractivity contribution in [2.75, 3.05) is 40.8 Å². The van der Waals surface area contributed by atoms with E-state index in [4.69, 9.17) is 0 Å². The Morgan fingerprint density at radius 3 is 2.50 bits per heavy atom. The number of imide groups is 1. The van der Waals surface area contributed by atoms with Crippen molar-refractivity contribution in [1.82, 2.24) is 14.7 Å². The molecule has 0 aromatic heterocycles. The van der Waals surface area contributed by atoms with Crippen molar-refractivity contribution in [2.45, 2.75) is 12.8 Å². The minimum atomic E-state index is -0.493. The molecule has 8 heteroatoms. The average Bonchev–Trinajstić information content (AvgIpc) is 2.64. The van der Waals surface area contributed by atoms with Crippen LogP contribution in [-0.2, 0) is 19.1 Å². The van der Waals surface area contributed by atoms with E-state index in [0.717, 1.165) is 4.90 Å². The van der Waals surface area contributed by atoms with Crippen LogP contribution >= 0.6 is 0 Å². The average molecular weight is 285 g/mol. The third-order valence-corrected chi connectivity index (χ3v) is 3.02. The van der Waals surface area contributed by atoms with Gasteiger partial charge in [0.1, 0.15) is 13.1 Å². The van der Waals surface area contributed by atoms with Crippen molar-refractivity contribution in [3.63, 3.8) is 0 Å². The van der Waals surface area contributed by atoms with E-state index in [2.05, 4.69) is 4.74 Å². The maximum atomic E-state index is 11.7. The second-order valence-corrected chi connectivity index (χ2v) is 4.61. The number of methoxy groups -OCH3 is 1. The largest absolute Gasteiger partial charge is 0.468 e. The Bertz CT molecular complexity index is 423. The molecule has 0 bridgehead atoms. The van der Waals surface area contributed by atoms with Gasteiger partial charge in [-0.1, -0.05) is 0 Å². The van der Waals surface area contributed by atoms with Crippen LogP contribution < -0.4 is 0 Å². The molecule has 112 valence electrons. The zero-order valence-electron chi connectivity index (χ0n) is 11.9. The number of amides is 4. The predicted molar refractivity (Wildman–Crippen MR) is 68.6 cm³/mol. The molecule has 1 fully saturated rings. The van der Waals surface area contributed by atoms with Crippen LogP contribution in [0.25, 0.3) is 0 Å². The van der Waals surface area contributed by atoms with E-state index in [0.29, 0.717) is 6.42 Å². The smallest absolute Gasteiger partial charge is 0.326 e. The molecule has 0 aromatic carbocycles. The Balaban J connectivity index is 2.33. The number of ether oxygens (including phenoxy) is 1. The number of likely N-dealkylation sites (N-methyl/N-ethyl adjacent to an activating group) is 2. The van der Waals surface area contributed by atoms with Crippen LogP contribution in [0.2, 0.25) is 0 Å². The fourth-order valence-electron chi connectivity index (χ4n) is 1.81. The van der Waals surface area contributed by atoms with E-state index in [1.54, 1.807) is 7.05 Å². The van der Waals surface area contributed by atoms with Gasteiger partial charge in [-0.15, -0.1) is 0 Å². The van der Waals surface area contributed by atoms with Crippen molar-refractivity contribution >= 4 is 23.8 Å². The first-order chi connectivity index (χ1) is 9.36. The van der Waals surface area contributed by atoms with Gasteiger partial charge in [0.2, 0.25) is 11.8 Å². The van der Waals surface area contributed by atoms with Crippen LogP contribution in [0, 0.1) is 0 Å². The molecule has 20 heavy (non-hydrogen) atoms. The van der Waals surface area contributed by atoms with Gasteiger partial charge in [-0.2, -0.15) is 0 Å². The van der Waals surface area contributed by atoms with Crippen molar-refractivity contribution in [3.05, 3.63) is 0 Å². The summed E-state index contributed by atoms with van der Waals surface area (Å²) in [4.78, 5) is 49.5. The van der Waals surface area contributed by atoms with Gasteiger partial charge in [0.15, 0.2) is 0 Å². The Morgan fingerprint density at radius 2 is 2.00 bits per heavy atom. The number of urea groups is 1. The SMILES string of the molecule is COC(=O)CN(C)C(=O)CCCN1C(=O)CN(C)C1=O. The number of carbonyl (C=O) groups excluding carboxylic acids is 4. The maximum Gasteiger partial charge on any atom is 0.326 e. The fourth-order valence-corrected chi connectivity index (χ4v) is 1.81. The van der Waals surface area contributed by atoms with E-state index in [-0.39, 0.29) is 43.9 Å². The number of carbonyl (C=O) groups is 4. The summed E-state index contributed by atoms with van der Waals surface area (Å²) in [5.41, 5.74) is 0. The Kier molecular flexibility index (Phi) is 5.48. The molecule has 0 aliphatic carbocycles. The summed E-state index contributed by atoms with van der Waals surface area (Å²) in [5.74, 6) is -0.983. The van der Waals surface area contributed by atoms with Crippen LogP contribution in [0.3, 0.4) is 0 Å². The lowest BCUT2D eigenvalue weighted by atomic mass is 10.2. The normalized spacial score (nSPS) is 14.8. The first kappa shape index (κ1) is 15.9. The zero-order valence-corrected chi connectivity index (χ0v) is 11.9. The maximum absolute atomic E-state index is 11.7. The summed E-state index contributed by atoms with van der Waals surface area (Å²) < 4.78 is 4.46. The van der Waals surface area contributed by atoms with Gasteiger partial charge in [0.05, 0.1) is 7.11 Å². The Hall–Kier alpha value is -2.12. The lowest BCUT2D eigenvalue weighted by Gasteiger charge is -2.17. The summed E-state index contributed by atoms with van der Waals surface area (Å²) in [6, 6.07) is -0.342. The second kappa shape index (κ2) is 6.88. The first-order valence-corrected chi connectivity index (χ1v) is 6.23. The summed E-state index contributed by atoms with van der Waals surface area (Å²) in [6.45, 7) is 0.175. The lowest BCUT2D eigenvalue weighted by Crippen LogP contribution is -2.35. The minimum Gasteiger partial charge on any atom is -0.468 e. The van der Waals surface area contributed by atoms with E-state index >= 15 is 0 Å². The van der Waals surface area contributed by atoms with E-state index < -0.39 is 5.97 Å². The molecule has 0 saturated carbocycles. The van der Waals surface area contributed by atoms with Gasteiger partial charge in [-0.25, -0.2) is 4.79 Å². The molecule has 0 atom stereocenters. The quantitative estimate of drug-likeness (QED) is 0.475. The van der Waals surface area contributed by atoms with Crippen LogP contribution in [-0.4, -0.2) is 79.4 Å². The molecule has 1 saturated heterocycles. The monoisotopic (exact) mass is 285 g/mol. The Labute approximate surface area is 117 Å². The molecule has 8 nitrogen and oxygen atoms in total. The first-order valence-electron chi connectivity index (χ1n) is 6.23. The third-order valence-electron chi connectivity index (χ3n) is 3.02. The topological polar surface area (TPSA) is 87.2 Å². The second-order valence-electron chi connectivity index (χ2n) is 4.61. The third kappa shape index (κ3) is 3.94. The molecule has 4 amide bonds. The van der Waals surface area contributed by atoms with Crippen LogP contribution in [0.15, 0.2) is 0 Å². The van der Waals surface area contributed by atoms with Gasteiger partial charge < -0.3 is 14.5 Å². The fraction of sp³-hybridized carbons (Fsp3) is 0.667. The van der Waals surface area contributed by atoms with Gasteiger partial charge in [0.25, 0.3) is 0 Å². The number of esters is 1. The molecule has 1 rings (SSSR count). The van der Waals surface area contributed by atoms with Gasteiger partial charge in [0, 0.05) is 27.1 Å². The van der Waals surface area contributed by atoms with Crippen molar-refractivity contribution in [1.29, 1.82) is 0 Å². The van der Waals surface area contributed by atoms with Crippen molar-refractivity contribution in [3.8, 4) is 0 Å². The molecule has 0 radical (unpaired) electrons. The molecule has 0 N–H and O–H groups in total. The number of hydrogen-bond donors (Lipinski definition) is 0. The molecular formula is C12H19N3O5. The van der Waals surface area contributed by atoms with E-state index in [9.17, 15) is 19.2 Å². The summed E-state index contributed by atoms with van der Waals surface area (Å²) in [7, 11) is 4.30. The van der Waals surface area contributed by atoms with Gasteiger partial charge in [-0.05, 0) is 6.42 Å². The molecular weight excluding hydrogens is 266 g/mol. The highest BCUT2D eigenvalue weighted by Gasteiger charge is 2.32. The highest BCUT2D eigenvalue weighted by atomic mass is 16.5. The lowest BCUT2D eigenvalue weighted by molar-refractivity contribution is -0.146. The standard InChI is InChI=1S/C12H19N3O5/c1-13(8-11(18)20-3)9(16)5-4-6-15-10(17)7-14(2)12(15)19/h4-8H2,1-3H3. The van der Waals surface area contributed by atoms with E-state index in [1.807, 2.05) is 0 Å². The molecule has 1 heterocycles. The van der Waals surface area contributed by atoms with Crippen molar-refractivity contribution < 1.29 is 23.9 Å². The highest BCUT2D eigenvalue weighted by Crippen LogP contribution is 2.09. The highest BCUT2D eigenvalue weighted by molar-refractivity contribution is 6.01. The van der Waals surface area contributed by atoms with E-state index in [1.165, 1.54) is 24.0 Å². The molecule has 0 unspecified atom stereocenters. The van der Waals surface area contributed by atoms with Crippen LogP contribution in [0.5, 0.6) is 0 Å². The summed E-state index contributed by atoms with van der Waals surface area (Å²) >= 11 is 0. The number of hydrogen-bond acceptors (Lipinski definition) is 5. The number of nitrogens with zero attached hydrogens (tertiary/aromatic N) is 3.